The Labute approximate surface area is 96.3 Å². The van der Waals surface area contributed by atoms with E-state index in [4.69, 9.17) is 22.1 Å². The molecule has 0 amide bonds. The minimum atomic E-state index is -0.753. The molecule has 0 fully saturated rings. The number of nitriles is 2. The molecule has 0 N–H and O–H groups in total. The van der Waals surface area contributed by atoms with Gasteiger partial charge in [0.05, 0.1) is 0 Å². The maximum Gasteiger partial charge on any atom is 0.250 e. The summed E-state index contributed by atoms with van der Waals surface area (Å²) in [5.74, 6) is -0.635. The van der Waals surface area contributed by atoms with E-state index in [1.807, 2.05) is 5.40 Å². The molecule has 0 spiro atoms. The van der Waals surface area contributed by atoms with Gasteiger partial charge in [-0.3, -0.25) is 4.79 Å². The number of rotatable bonds is 3. The summed E-state index contributed by atoms with van der Waals surface area (Å²) in [5.41, 5.74) is 0.609. The predicted molar refractivity (Wildman–Crippen MR) is 58.0 cm³/mol. The highest BCUT2D eigenvalue weighted by Crippen LogP contribution is 2.29. The van der Waals surface area contributed by atoms with Crippen LogP contribution >= 0.6 is 23.4 Å². The topological polar surface area (TPSA) is 64.7 Å². The van der Waals surface area contributed by atoms with Crippen LogP contribution < -0.4 is 0 Å². The van der Waals surface area contributed by atoms with Gasteiger partial charge in [-0.2, -0.15) is 10.5 Å². The normalized spacial score (nSPS) is 11.1. The highest BCUT2D eigenvalue weighted by molar-refractivity contribution is 8.04. The molecular formula is C10H5ClN2OS. The maximum absolute atomic E-state index is 11.2. The molecule has 0 saturated heterocycles. The van der Waals surface area contributed by atoms with E-state index < -0.39 is 11.0 Å². The Kier molecular flexibility index (Phi) is 4.17. The lowest BCUT2D eigenvalue weighted by molar-refractivity contribution is -0.113. The van der Waals surface area contributed by atoms with Crippen molar-refractivity contribution in [1.29, 1.82) is 10.5 Å². The number of thioether (sulfide) groups is 1. The molecule has 15 heavy (non-hydrogen) atoms. The van der Waals surface area contributed by atoms with Crippen LogP contribution in [0.2, 0.25) is 5.02 Å². The highest BCUT2D eigenvalue weighted by Gasteiger charge is 2.20. The second kappa shape index (κ2) is 5.41. The van der Waals surface area contributed by atoms with Gasteiger partial charge >= 0.3 is 0 Å². The first-order valence-corrected chi connectivity index (χ1v) is 5.19. The third-order valence-corrected chi connectivity index (χ3v) is 2.77. The van der Waals surface area contributed by atoms with Crippen molar-refractivity contribution in [3.05, 3.63) is 34.9 Å². The maximum atomic E-state index is 11.2. The number of hydrogen-bond donors (Lipinski definition) is 0. The van der Waals surface area contributed by atoms with Crippen LogP contribution in [0.1, 0.15) is 10.8 Å². The molecule has 1 atom stereocenters. The SMILES string of the molecule is N#CSC(C(=O)C#N)c1ccc(Cl)cc1. The van der Waals surface area contributed by atoms with E-state index in [-0.39, 0.29) is 0 Å². The minimum Gasteiger partial charge on any atom is -0.281 e. The lowest BCUT2D eigenvalue weighted by Gasteiger charge is -2.07. The van der Waals surface area contributed by atoms with Crippen LogP contribution in [0.4, 0.5) is 0 Å². The Balaban J connectivity index is 3.01. The fourth-order valence-corrected chi connectivity index (χ4v) is 1.71. The van der Waals surface area contributed by atoms with Gasteiger partial charge in [-0.05, 0) is 29.5 Å². The van der Waals surface area contributed by atoms with E-state index in [0.717, 1.165) is 11.8 Å². The third kappa shape index (κ3) is 2.99. The number of carbonyl (C=O) groups excluding carboxylic acids is 1. The van der Waals surface area contributed by atoms with Crippen molar-refractivity contribution in [1.82, 2.24) is 0 Å². The molecule has 1 aromatic carbocycles. The zero-order chi connectivity index (χ0) is 11.3. The molecule has 0 heterocycles. The van der Waals surface area contributed by atoms with Crippen LogP contribution in [0.15, 0.2) is 24.3 Å². The molecule has 1 rings (SSSR count). The van der Waals surface area contributed by atoms with Gasteiger partial charge in [0.15, 0.2) is 0 Å². The molecule has 0 aliphatic carbocycles. The van der Waals surface area contributed by atoms with E-state index >= 15 is 0 Å². The summed E-state index contributed by atoms with van der Waals surface area (Å²) in [6.07, 6.45) is 0. The Morgan fingerprint density at radius 3 is 2.40 bits per heavy atom. The molecule has 0 aliphatic rings. The highest BCUT2D eigenvalue weighted by atomic mass is 35.5. The number of carbonyl (C=O) groups is 1. The molecule has 0 radical (unpaired) electrons. The number of ketones is 1. The standard InChI is InChI=1S/C10H5ClN2OS/c11-8-3-1-7(2-4-8)10(15-6-13)9(14)5-12/h1-4,10H. The zero-order valence-electron chi connectivity index (χ0n) is 7.48. The van der Waals surface area contributed by atoms with Gasteiger partial charge in [0.25, 0.3) is 0 Å². The molecule has 0 aliphatic heterocycles. The molecule has 3 nitrogen and oxygen atoms in total. The first kappa shape index (κ1) is 11.6. The van der Waals surface area contributed by atoms with E-state index in [0.29, 0.717) is 10.6 Å². The van der Waals surface area contributed by atoms with Crippen molar-refractivity contribution < 1.29 is 4.79 Å². The molecule has 0 bridgehead atoms. The Morgan fingerprint density at radius 1 is 1.33 bits per heavy atom. The largest absolute Gasteiger partial charge is 0.281 e. The van der Waals surface area contributed by atoms with Crippen molar-refractivity contribution in [3.8, 4) is 11.5 Å². The Bertz CT molecular complexity index is 444. The van der Waals surface area contributed by atoms with Crippen molar-refractivity contribution in [2.45, 2.75) is 5.25 Å². The minimum absolute atomic E-state index is 0.545. The fraction of sp³-hybridized carbons (Fsp3) is 0.100. The van der Waals surface area contributed by atoms with Crippen molar-refractivity contribution in [2.75, 3.05) is 0 Å². The summed E-state index contributed by atoms with van der Waals surface area (Å²) in [6.45, 7) is 0. The van der Waals surface area contributed by atoms with E-state index in [9.17, 15) is 4.79 Å². The molecule has 5 heteroatoms. The summed E-state index contributed by atoms with van der Waals surface area (Å²) >= 11 is 6.44. The molecule has 0 saturated carbocycles. The van der Waals surface area contributed by atoms with Gasteiger partial charge in [-0.25, -0.2) is 0 Å². The summed E-state index contributed by atoms with van der Waals surface area (Å²) in [6, 6.07) is 8.02. The molecule has 0 aromatic heterocycles. The first-order valence-electron chi connectivity index (χ1n) is 3.93. The number of nitrogens with zero attached hydrogens (tertiary/aromatic N) is 2. The molecular weight excluding hydrogens is 232 g/mol. The zero-order valence-corrected chi connectivity index (χ0v) is 9.05. The predicted octanol–water partition coefficient (Wildman–Crippen LogP) is 2.69. The van der Waals surface area contributed by atoms with Gasteiger partial charge < -0.3 is 0 Å². The summed E-state index contributed by atoms with van der Waals surface area (Å²) in [4.78, 5) is 11.2. The third-order valence-electron chi connectivity index (χ3n) is 1.69. The van der Waals surface area contributed by atoms with Gasteiger partial charge in [-0.1, -0.05) is 23.7 Å². The summed E-state index contributed by atoms with van der Waals surface area (Å²) < 4.78 is 0. The second-order valence-electron chi connectivity index (χ2n) is 2.62. The van der Waals surface area contributed by atoms with Gasteiger partial charge in [-0.15, -0.1) is 0 Å². The Hall–Kier alpha value is -1.49. The van der Waals surface area contributed by atoms with Crippen LogP contribution in [0, 0.1) is 22.0 Å². The number of hydrogen-bond acceptors (Lipinski definition) is 4. The Morgan fingerprint density at radius 2 is 1.93 bits per heavy atom. The van der Waals surface area contributed by atoms with Crippen LogP contribution in [0.25, 0.3) is 0 Å². The van der Waals surface area contributed by atoms with Crippen LogP contribution in [0.5, 0.6) is 0 Å². The average Bonchev–Trinajstić information content (AvgIpc) is 2.26. The van der Waals surface area contributed by atoms with Crippen molar-refractivity contribution >= 4 is 29.1 Å². The van der Waals surface area contributed by atoms with Crippen molar-refractivity contribution in [3.63, 3.8) is 0 Å². The number of halogens is 1. The lowest BCUT2D eigenvalue weighted by atomic mass is 10.1. The van der Waals surface area contributed by atoms with Crippen LogP contribution in [0.3, 0.4) is 0 Å². The summed E-state index contributed by atoms with van der Waals surface area (Å²) in [5, 5.41) is 18.6. The smallest absolute Gasteiger partial charge is 0.250 e. The summed E-state index contributed by atoms with van der Waals surface area (Å²) in [7, 11) is 0. The average molecular weight is 237 g/mol. The van der Waals surface area contributed by atoms with Crippen molar-refractivity contribution in [2.24, 2.45) is 0 Å². The fourth-order valence-electron chi connectivity index (χ4n) is 1.02. The molecule has 1 unspecified atom stereocenters. The second-order valence-corrected chi connectivity index (χ2v) is 3.94. The van der Waals surface area contributed by atoms with E-state index in [1.54, 1.807) is 24.3 Å². The number of Topliss-reactive ketones (excluding diaryl/α,β-unsaturated/α-hetero) is 1. The monoisotopic (exact) mass is 236 g/mol. The number of benzene rings is 1. The van der Waals surface area contributed by atoms with Crippen LogP contribution in [-0.2, 0) is 4.79 Å². The molecule has 1 aromatic rings. The molecule has 74 valence electrons. The van der Waals surface area contributed by atoms with E-state index in [2.05, 4.69) is 0 Å². The van der Waals surface area contributed by atoms with Gasteiger partial charge in [0, 0.05) is 5.02 Å². The van der Waals surface area contributed by atoms with E-state index in [1.165, 1.54) is 6.07 Å². The first-order chi connectivity index (χ1) is 7.19. The quantitative estimate of drug-likeness (QED) is 0.598. The number of thiocyanates is 1. The van der Waals surface area contributed by atoms with Gasteiger partial charge in [0.2, 0.25) is 5.78 Å². The van der Waals surface area contributed by atoms with Crippen LogP contribution in [-0.4, -0.2) is 5.78 Å². The lowest BCUT2D eigenvalue weighted by Crippen LogP contribution is -2.05. The van der Waals surface area contributed by atoms with Gasteiger partial charge in [0.1, 0.15) is 16.7 Å².